The average molecular weight is 551 g/mol. The van der Waals surface area contributed by atoms with Crippen molar-refractivity contribution < 1.29 is 32.3 Å². The SMILES string of the molecule is CN(CCO)c1ccc(/C=C/C(=O)c2ccc(NC(=O)c3c(F)c(F)c(F)c(F)c3Br)cc2)cc1. The molecule has 0 aliphatic heterocycles. The second-order valence-electron chi connectivity index (χ2n) is 7.41. The highest BCUT2D eigenvalue weighted by atomic mass is 79.9. The average Bonchev–Trinajstić information content (AvgIpc) is 2.86. The quantitative estimate of drug-likeness (QED) is 0.126. The van der Waals surface area contributed by atoms with E-state index in [0.29, 0.717) is 12.1 Å². The van der Waals surface area contributed by atoms with Gasteiger partial charge in [-0.25, -0.2) is 17.6 Å². The summed E-state index contributed by atoms with van der Waals surface area (Å²) in [4.78, 5) is 26.7. The summed E-state index contributed by atoms with van der Waals surface area (Å²) in [5, 5.41) is 11.2. The molecule has 0 aliphatic rings. The van der Waals surface area contributed by atoms with Crippen LogP contribution < -0.4 is 10.2 Å². The first-order valence-corrected chi connectivity index (χ1v) is 11.0. The molecule has 1 amide bonds. The van der Waals surface area contributed by atoms with Crippen molar-refractivity contribution in [3.05, 3.63) is 99.0 Å². The number of halogens is 5. The predicted octanol–water partition coefficient (Wildman–Crippen LogP) is 5.58. The number of amides is 1. The fourth-order valence-electron chi connectivity index (χ4n) is 3.10. The standard InChI is InChI=1S/C25H19BrF4N2O3/c1-32(12-13-33)17-9-2-14(3-10-17)4-11-18(34)15-5-7-16(8-6-15)31-25(35)19-20(26)22(28)24(30)23(29)21(19)27/h2-11,33H,12-13H2,1H3,(H,31,35)/b11-4+. The number of likely N-dealkylation sites (N-methyl/N-ethyl adjacent to an activating group) is 1. The van der Waals surface area contributed by atoms with Gasteiger partial charge in [0, 0.05) is 30.5 Å². The summed E-state index contributed by atoms with van der Waals surface area (Å²) in [7, 11) is 1.85. The van der Waals surface area contributed by atoms with Gasteiger partial charge in [-0.3, -0.25) is 9.59 Å². The van der Waals surface area contributed by atoms with Gasteiger partial charge in [-0.15, -0.1) is 0 Å². The first-order valence-electron chi connectivity index (χ1n) is 10.2. The number of aliphatic hydroxyl groups is 1. The molecule has 3 aromatic carbocycles. The molecule has 0 aromatic heterocycles. The van der Waals surface area contributed by atoms with Gasteiger partial charge in [-0.2, -0.15) is 0 Å². The number of nitrogens with zero attached hydrogens (tertiary/aromatic N) is 1. The van der Waals surface area contributed by atoms with Crippen LogP contribution in [0.5, 0.6) is 0 Å². The van der Waals surface area contributed by atoms with Gasteiger partial charge in [0.2, 0.25) is 0 Å². The predicted molar refractivity (Wildman–Crippen MR) is 129 cm³/mol. The Morgan fingerprint density at radius 3 is 2.14 bits per heavy atom. The Kier molecular flexibility index (Phi) is 8.42. The molecular weight excluding hydrogens is 532 g/mol. The second kappa shape index (κ2) is 11.3. The lowest BCUT2D eigenvalue weighted by molar-refractivity contribution is 0.101. The molecule has 0 saturated heterocycles. The van der Waals surface area contributed by atoms with E-state index in [1.165, 1.54) is 30.3 Å². The number of allylic oxidation sites excluding steroid dienone is 1. The summed E-state index contributed by atoms with van der Waals surface area (Å²) in [5.74, 6) is -9.23. The second-order valence-corrected chi connectivity index (χ2v) is 8.20. The van der Waals surface area contributed by atoms with Crippen LogP contribution in [-0.4, -0.2) is 37.0 Å². The molecule has 0 bridgehead atoms. The number of nitrogens with one attached hydrogen (secondary N) is 1. The van der Waals surface area contributed by atoms with Crippen molar-refractivity contribution in [3.8, 4) is 0 Å². The zero-order valence-corrected chi connectivity index (χ0v) is 19.9. The molecule has 10 heteroatoms. The third kappa shape index (κ3) is 5.95. The highest BCUT2D eigenvalue weighted by Crippen LogP contribution is 2.29. The summed E-state index contributed by atoms with van der Waals surface area (Å²) < 4.78 is 53.7. The number of aliphatic hydroxyl groups excluding tert-OH is 1. The Bertz CT molecular complexity index is 1250. The lowest BCUT2D eigenvalue weighted by Gasteiger charge is -2.17. The van der Waals surface area contributed by atoms with E-state index in [4.69, 9.17) is 5.11 Å². The molecule has 0 spiro atoms. The Morgan fingerprint density at radius 1 is 0.943 bits per heavy atom. The van der Waals surface area contributed by atoms with Gasteiger partial charge in [0.15, 0.2) is 29.1 Å². The lowest BCUT2D eigenvalue weighted by Crippen LogP contribution is -2.20. The minimum Gasteiger partial charge on any atom is -0.395 e. The van der Waals surface area contributed by atoms with Crippen molar-refractivity contribution in [1.82, 2.24) is 0 Å². The molecule has 0 atom stereocenters. The highest BCUT2D eigenvalue weighted by molar-refractivity contribution is 9.10. The van der Waals surface area contributed by atoms with E-state index in [-0.39, 0.29) is 18.1 Å². The zero-order chi connectivity index (χ0) is 25.7. The maximum atomic E-state index is 14.0. The van der Waals surface area contributed by atoms with Gasteiger partial charge in [-0.05, 0) is 64.0 Å². The van der Waals surface area contributed by atoms with E-state index in [9.17, 15) is 27.2 Å². The Balaban J connectivity index is 1.68. The van der Waals surface area contributed by atoms with Gasteiger partial charge in [0.05, 0.1) is 16.6 Å². The minimum absolute atomic E-state index is 0.0346. The molecule has 0 saturated carbocycles. The molecule has 3 rings (SSSR count). The van der Waals surface area contributed by atoms with Crippen LogP contribution in [0.15, 0.2) is 59.1 Å². The number of carbonyl (C=O) groups is 2. The number of rotatable bonds is 8. The Morgan fingerprint density at radius 2 is 1.54 bits per heavy atom. The van der Waals surface area contributed by atoms with Gasteiger partial charge in [-0.1, -0.05) is 18.2 Å². The molecule has 35 heavy (non-hydrogen) atoms. The van der Waals surface area contributed by atoms with Gasteiger partial charge >= 0.3 is 0 Å². The van der Waals surface area contributed by atoms with E-state index in [1.54, 1.807) is 6.08 Å². The van der Waals surface area contributed by atoms with Gasteiger partial charge in [0.1, 0.15) is 0 Å². The third-order valence-corrected chi connectivity index (χ3v) is 5.81. The molecular formula is C25H19BrF4N2O3. The lowest BCUT2D eigenvalue weighted by atomic mass is 10.1. The van der Waals surface area contributed by atoms with E-state index in [1.807, 2.05) is 36.2 Å². The first kappa shape index (κ1) is 26.1. The maximum Gasteiger partial charge on any atom is 0.260 e. The van der Waals surface area contributed by atoms with E-state index in [0.717, 1.165) is 11.3 Å². The number of carbonyl (C=O) groups excluding carboxylic acids is 2. The fraction of sp³-hybridized carbons (Fsp3) is 0.120. The summed E-state index contributed by atoms with van der Waals surface area (Å²) in [6.07, 6.45) is 3.00. The Labute approximate surface area is 206 Å². The molecule has 3 aromatic rings. The summed E-state index contributed by atoms with van der Waals surface area (Å²) in [5.41, 5.74) is 1.09. The Hall–Kier alpha value is -3.50. The third-order valence-electron chi connectivity index (χ3n) is 5.06. The molecule has 0 heterocycles. The van der Waals surface area contributed by atoms with Crippen molar-refractivity contribution in [1.29, 1.82) is 0 Å². The summed E-state index contributed by atoms with van der Waals surface area (Å²) in [6, 6.07) is 12.9. The molecule has 5 nitrogen and oxygen atoms in total. The van der Waals surface area contributed by atoms with Crippen LogP contribution in [0.1, 0.15) is 26.3 Å². The molecule has 0 aliphatic carbocycles. The number of hydrogen-bond donors (Lipinski definition) is 2. The molecule has 2 N–H and O–H groups in total. The largest absolute Gasteiger partial charge is 0.395 e. The fourth-order valence-corrected chi connectivity index (χ4v) is 3.63. The van der Waals surface area contributed by atoms with Crippen LogP contribution in [0.4, 0.5) is 28.9 Å². The molecule has 182 valence electrons. The molecule has 0 fully saturated rings. The highest BCUT2D eigenvalue weighted by Gasteiger charge is 2.28. The monoisotopic (exact) mass is 550 g/mol. The van der Waals surface area contributed by atoms with E-state index in [2.05, 4.69) is 21.2 Å². The van der Waals surface area contributed by atoms with Crippen LogP contribution in [-0.2, 0) is 0 Å². The van der Waals surface area contributed by atoms with Crippen LogP contribution in [0, 0.1) is 23.3 Å². The van der Waals surface area contributed by atoms with Crippen molar-refractivity contribution in [2.45, 2.75) is 0 Å². The number of anilines is 2. The molecule has 0 unspecified atom stereocenters. The van der Waals surface area contributed by atoms with Crippen LogP contribution in [0.25, 0.3) is 6.08 Å². The molecule has 0 radical (unpaired) electrons. The summed E-state index contributed by atoms with van der Waals surface area (Å²) >= 11 is 2.57. The van der Waals surface area contributed by atoms with Crippen LogP contribution in [0.3, 0.4) is 0 Å². The van der Waals surface area contributed by atoms with E-state index >= 15 is 0 Å². The van der Waals surface area contributed by atoms with Crippen molar-refractivity contribution in [2.75, 3.05) is 30.4 Å². The number of ketones is 1. The normalized spacial score (nSPS) is 11.1. The van der Waals surface area contributed by atoms with Crippen molar-refractivity contribution >= 4 is 45.1 Å². The number of benzene rings is 3. The maximum absolute atomic E-state index is 14.0. The van der Waals surface area contributed by atoms with Gasteiger partial charge < -0.3 is 15.3 Å². The van der Waals surface area contributed by atoms with Crippen LogP contribution in [0.2, 0.25) is 0 Å². The number of hydrogen-bond acceptors (Lipinski definition) is 4. The van der Waals surface area contributed by atoms with Gasteiger partial charge in [0.25, 0.3) is 5.91 Å². The minimum atomic E-state index is -2.10. The van der Waals surface area contributed by atoms with Crippen molar-refractivity contribution in [2.24, 2.45) is 0 Å². The topological polar surface area (TPSA) is 69.6 Å². The van der Waals surface area contributed by atoms with Crippen LogP contribution >= 0.6 is 15.9 Å². The summed E-state index contributed by atoms with van der Waals surface area (Å²) in [6.45, 7) is 0.529. The van der Waals surface area contributed by atoms with Crippen molar-refractivity contribution in [3.63, 3.8) is 0 Å². The smallest absolute Gasteiger partial charge is 0.260 e. The zero-order valence-electron chi connectivity index (χ0n) is 18.3. The van der Waals surface area contributed by atoms with E-state index < -0.39 is 39.2 Å². The first-order chi connectivity index (χ1) is 16.6.